The highest BCUT2D eigenvalue weighted by molar-refractivity contribution is 14.0. The van der Waals surface area contributed by atoms with Crippen LogP contribution in [0.1, 0.15) is 31.9 Å². The topological polar surface area (TPSA) is 64.1 Å². The lowest BCUT2D eigenvalue weighted by atomic mass is 10.1. The molecule has 2 rings (SSSR count). The Balaban J connectivity index is 0.00000450. The summed E-state index contributed by atoms with van der Waals surface area (Å²) < 4.78 is 16.6. The van der Waals surface area contributed by atoms with E-state index in [-0.39, 0.29) is 29.6 Å². The molecule has 166 valence electrons. The van der Waals surface area contributed by atoms with Crippen LogP contribution in [0.3, 0.4) is 0 Å². The Labute approximate surface area is 197 Å². The van der Waals surface area contributed by atoms with E-state index >= 15 is 0 Å². The van der Waals surface area contributed by atoms with Gasteiger partial charge in [0.15, 0.2) is 5.96 Å². The second-order valence-electron chi connectivity index (χ2n) is 7.59. The van der Waals surface area contributed by atoms with Crippen molar-refractivity contribution in [2.45, 2.75) is 39.5 Å². The van der Waals surface area contributed by atoms with Gasteiger partial charge in [-0.05, 0) is 44.5 Å². The molecule has 0 saturated carbocycles. The van der Waals surface area contributed by atoms with Crippen LogP contribution < -0.4 is 20.1 Å². The molecular formula is C23H34IN3O3. The predicted octanol–water partition coefficient (Wildman–Crippen LogP) is 4.37. The molecule has 0 radical (unpaired) electrons. The fourth-order valence-electron chi connectivity index (χ4n) is 2.61. The maximum atomic E-state index is 6.05. The first-order valence-electron chi connectivity index (χ1n) is 9.83. The molecule has 0 aliphatic carbocycles. The number of halogens is 1. The Morgan fingerprint density at radius 3 is 2.23 bits per heavy atom. The molecule has 2 aromatic rings. The van der Waals surface area contributed by atoms with Crippen LogP contribution >= 0.6 is 24.0 Å². The van der Waals surface area contributed by atoms with E-state index in [2.05, 4.69) is 21.7 Å². The number of nitrogens with zero attached hydrogens (tertiary/aromatic N) is 1. The Morgan fingerprint density at radius 2 is 1.60 bits per heavy atom. The van der Waals surface area contributed by atoms with Crippen molar-refractivity contribution < 1.29 is 14.2 Å². The smallest absolute Gasteiger partial charge is 0.191 e. The summed E-state index contributed by atoms with van der Waals surface area (Å²) in [5, 5.41) is 6.68. The number of methoxy groups -OCH3 is 1. The van der Waals surface area contributed by atoms with E-state index in [0.717, 1.165) is 28.6 Å². The summed E-state index contributed by atoms with van der Waals surface area (Å²) in [6, 6.07) is 16.0. The van der Waals surface area contributed by atoms with E-state index in [9.17, 15) is 0 Å². The van der Waals surface area contributed by atoms with Gasteiger partial charge in [0.05, 0.1) is 6.61 Å². The van der Waals surface area contributed by atoms with Gasteiger partial charge in [-0.2, -0.15) is 0 Å². The molecule has 6 nitrogen and oxygen atoms in total. The van der Waals surface area contributed by atoms with Crippen LogP contribution in [0.25, 0.3) is 0 Å². The summed E-state index contributed by atoms with van der Waals surface area (Å²) in [6.07, 6.45) is 0. The molecule has 0 aliphatic heterocycles. The van der Waals surface area contributed by atoms with Crippen molar-refractivity contribution >= 4 is 29.9 Å². The number of ether oxygens (including phenoxy) is 3. The number of rotatable bonds is 9. The second kappa shape index (κ2) is 13.3. The van der Waals surface area contributed by atoms with E-state index in [0.29, 0.717) is 26.3 Å². The van der Waals surface area contributed by atoms with Crippen molar-refractivity contribution in [1.29, 1.82) is 0 Å². The zero-order valence-corrected chi connectivity index (χ0v) is 20.9. The number of benzene rings is 2. The van der Waals surface area contributed by atoms with Crippen LogP contribution in [0.15, 0.2) is 53.5 Å². The third kappa shape index (κ3) is 9.67. The van der Waals surface area contributed by atoms with Gasteiger partial charge in [0.25, 0.3) is 0 Å². The number of guanidine groups is 1. The van der Waals surface area contributed by atoms with Crippen molar-refractivity contribution in [3.63, 3.8) is 0 Å². The normalized spacial score (nSPS) is 11.4. The van der Waals surface area contributed by atoms with Crippen molar-refractivity contribution in [3.05, 3.63) is 59.7 Å². The first kappa shape index (κ1) is 26.0. The average Bonchev–Trinajstić information content (AvgIpc) is 2.69. The summed E-state index contributed by atoms with van der Waals surface area (Å²) in [4.78, 5) is 4.30. The molecule has 0 unspecified atom stereocenters. The summed E-state index contributed by atoms with van der Waals surface area (Å²) >= 11 is 0. The van der Waals surface area contributed by atoms with Gasteiger partial charge in [-0.25, -0.2) is 0 Å². The molecule has 0 aliphatic rings. The maximum absolute atomic E-state index is 6.05. The van der Waals surface area contributed by atoms with Crippen LogP contribution in [0.4, 0.5) is 0 Å². The molecule has 2 aromatic carbocycles. The zero-order chi connectivity index (χ0) is 21.1. The molecular weight excluding hydrogens is 493 g/mol. The van der Waals surface area contributed by atoms with E-state index in [1.54, 1.807) is 14.2 Å². The van der Waals surface area contributed by atoms with Crippen LogP contribution in [0, 0.1) is 0 Å². The fourth-order valence-corrected chi connectivity index (χ4v) is 2.61. The first-order chi connectivity index (χ1) is 13.9. The van der Waals surface area contributed by atoms with E-state index in [1.807, 2.05) is 63.2 Å². The van der Waals surface area contributed by atoms with Crippen molar-refractivity contribution in [2.75, 3.05) is 27.4 Å². The first-order valence-corrected chi connectivity index (χ1v) is 9.83. The van der Waals surface area contributed by atoms with Crippen LogP contribution in [-0.4, -0.2) is 38.9 Å². The summed E-state index contributed by atoms with van der Waals surface area (Å²) in [5.74, 6) is 2.45. The van der Waals surface area contributed by atoms with Gasteiger partial charge < -0.3 is 24.8 Å². The maximum Gasteiger partial charge on any atom is 0.191 e. The molecule has 0 aromatic heterocycles. The minimum atomic E-state index is -0.241. The average molecular weight is 527 g/mol. The standard InChI is InChI=1S/C23H33N3O3.HI/c1-23(2,3)29-21-9-7-6-8-19(21)17-26-22(24-4)25-16-18-10-12-20(13-11-18)28-15-14-27-5;/h6-13H,14-17H2,1-5H3,(H2,24,25,26);1H. The molecule has 0 atom stereocenters. The van der Waals surface area contributed by atoms with Crippen LogP contribution in [-0.2, 0) is 17.8 Å². The van der Waals surface area contributed by atoms with E-state index in [1.165, 1.54) is 0 Å². The van der Waals surface area contributed by atoms with Crippen molar-refractivity contribution in [3.8, 4) is 11.5 Å². The summed E-state index contributed by atoms with van der Waals surface area (Å²) in [6.45, 7) is 8.55. The summed E-state index contributed by atoms with van der Waals surface area (Å²) in [7, 11) is 3.43. The number of aliphatic imine (C=N–C) groups is 1. The third-order valence-corrected chi connectivity index (χ3v) is 4.00. The molecule has 0 heterocycles. The highest BCUT2D eigenvalue weighted by Crippen LogP contribution is 2.22. The largest absolute Gasteiger partial charge is 0.491 e. The quantitative estimate of drug-likeness (QED) is 0.220. The Bertz CT molecular complexity index is 774. The van der Waals surface area contributed by atoms with E-state index in [4.69, 9.17) is 14.2 Å². The van der Waals surface area contributed by atoms with E-state index < -0.39 is 0 Å². The molecule has 0 fully saturated rings. The molecule has 0 spiro atoms. The highest BCUT2D eigenvalue weighted by Gasteiger charge is 2.14. The SMILES string of the molecule is CN=C(NCc1ccc(OCCOC)cc1)NCc1ccccc1OC(C)(C)C.I. The van der Waals surface area contributed by atoms with Gasteiger partial charge in [0.2, 0.25) is 0 Å². The minimum Gasteiger partial charge on any atom is -0.491 e. The van der Waals surface area contributed by atoms with Crippen LogP contribution in [0.2, 0.25) is 0 Å². The lowest BCUT2D eigenvalue weighted by Gasteiger charge is -2.23. The number of para-hydroxylation sites is 1. The lowest BCUT2D eigenvalue weighted by molar-refractivity contribution is 0.129. The second-order valence-corrected chi connectivity index (χ2v) is 7.59. The summed E-state index contributed by atoms with van der Waals surface area (Å²) in [5.41, 5.74) is 1.99. The third-order valence-electron chi connectivity index (χ3n) is 4.00. The Kier molecular flexibility index (Phi) is 11.6. The Hall–Kier alpha value is -2.00. The highest BCUT2D eigenvalue weighted by atomic mass is 127. The fraction of sp³-hybridized carbons (Fsp3) is 0.435. The van der Waals surface area contributed by atoms with Gasteiger partial charge in [-0.1, -0.05) is 30.3 Å². The molecule has 0 saturated heterocycles. The number of hydrogen-bond donors (Lipinski definition) is 2. The molecule has 0 bridgehead atoms. The molecule has 7 heteroatoms. The monoisotopic (exact) mass is 527 g/mol. The predicted molar refractivity (Wildman–Crippen MR) is 133 cm³/mol. The van der Waals surface area contributed by atoms with Gasteiger partial charge in [0, 0.05) is 32.8 Å². The van der Waals surface area contributed by atoms with Gasteiger partial charge >= 0.3 is 0 Å². The Morgan fingerprint density at radius 1 is 0.933 bits per heavy atom. The minimum absolute atomic E-state index is 0. The number of hydrogen-bond acceptors (Lipinski definition) is 4. The van der Waals surface area contributed by atoms with Crippen LogP contribution in [0.5, 0.6) is 11.5 Å². The van der Waals surface area contributed by atoms with Crippen molar-refractivity contribution in [1.82, 2.24) is 10.6 Å². The molecule has 30 heavy (non-hydrogen) atoms. The van der Waals surface area contributed by atoms with Gasteiger partial charge in [-0.3, -0.25) is 4.99 Å². The van der Waals surface area contributed by atoms with Gasteiger partial charge in [-0.15, -0.1) is 24.0 Å². The molecule has 2 N–H and O–H groups in total. The number of nitrogens with one attached hydrogen (secondary N) is 2. The lowest BCUT2D eigenvalue weighted by Crippen LogP contribution is -2.36. The molecule has 0 amide bonds. The zero-order valence-electron chi connectivity index (χ0n) is 18.5. The van der Waals surface area contributed by atoms with Gasteiger partial charge in [0.1, 0.15) is 23.7 Å². The van der Waals surface area contributed by atoms with Crippen molar-refractivity contribution in [2.24, 2.45) is 4.99 Å².